The molecular weight excluding hydrogens is 270 g/mol. The van der Waals surface area contributed by atoms with Crippen LogP contribution in [0.3, 0.4) is 0 Å². The van der Waals surface area contributed by atoms with Crippen molar-refractivity contribution in [3.8, 4) is 5.69 Å². The summed E-state index contributed by atoms with van der Waals surface area (Å²) in [4.78, 5) is 4.16. The average molecular weight is 285 g/mol. The van der Waals surface area contributed by atoms with Crippen molar-refractivity contribution in [3.05, 3.63) is 47.9 Å². The second-order valence-corrected chi connectivity index (χ2v) is 4.69. The minimum absolute atomic E-state index is 0.133. The molecule has 2 aromatic heterocycles. The summed E-state index contributed by atoms with van der Waals surface area (Å²) in [6.07, 6.45) is 1.57. The molecule has 8 heteroatoms. The second kappa shape index (κ2) is 5.80. The highest BCUT2D eigenvalue weighted by Crippen LogP contribution is 2.16. The van der Waals surface area contributed by atoms with Crippen LogP contribution in [0.4, 0.5) is 0 Å². The lowest BCUT2D eigenvalue weighted by Crippen LogP contribution is -2.18. The van der Waals surface area contributed by atoms with E-state index in [0.29, 0.717) is 18.3 Å². The quantitative estimate of drug-likeness (QED) is 0.752. The van der Waals surface area contributed by atoms with Crippen LogP contribution in [0.2, 0.25) is 0 Å². The molecule has 21 heavy (non-hydrogen) atoms. The van der Waals surface area contributed by atoms with Crippen molar-refractivity contribution in [3.63, 3.8) is 0 Å². The summed E-state index contributed by atoms with van der Waals surface area (Å²) >= 11 is 0. The predicted octanol–water partition coefficient (Wildman–Crippen LogP) is 1.20. The van der Waals surface area contributed by atoms with Gasteiger partial charge in [-0.05, 0) is 42.0 Å². The van der Waals surface area contributed by atoms with Crippen molar-refractivity contribution in [2.75, 3.05) is 0 Å². The molecular formula is C13H15N7O. The number of aryl methyl sites for hydroxylation is 1. The first kappa shape index (κ1) is 13.4. The van der Waals surface area contributed by atoms with E-state index < -0.39 is 0 Å². The molecule has 1 aromatic carbocycles. The van der Waals surface area contributed by atoms with Gasteiger partial charge in [-0.3, -0.25) is 0 Å². The first-order chi connectivity index (χ1) is 10.2. The number of nitrogens with zero attached hydrogens (tertiary/aromatic N) is 6. The molecule has 0 spiro atoms. The molecule has 0 aliphatic carbocycles. The van der Waals surface area contributed by atoms with Crippen LogP contribution in [-0.4, -0.2) is 30.3 Å². The fourth-order valence-electron chi connectivity index (χ4n) is 1.99. The van der Waals surface area contributed by atoms with Gasteiger partial charge in [0.15, 0.2) is 5.82 Å². The van der Waals surface area contributed by atoms with Crippen LogP contribution in [0, 0.1) is 6.92 Å². The molecule has 0 amide bonds. The zero-order valence-electron chi connectivity index (χ0n) is 11.8. The van der Waals surface area contributed by atoms with E-state index in [1.165, 1.54) is 0 Å². The van der Waals surface area contributed by atoms with Crippen LogP contribution in [0.1, 0.15) is 30.2 Å². The Kier molecular flexibility index (Phi) is 3.69. The van der Waals surface area contributed by atoms with Crippen LogP contribution in [0.25, 0.3) is 5.69 Å². The molecule has 8 nitrogen and oxygen atoms in total. The standard InChI is InChI=1S/C13H15N7O/c1-9(14-7-13-16-10(2)17-21-13)11-4-3-5-12(6-11)20-8-15-18-19-20/h3-6,8-9,14H,7H2,1-2H3. The van der Waals surface area contributed by atoms with Crippen molar-refractivity contribution in [2.24, 2.45) is 0 Å². The smallest absolute Gasteiger partial charge is 0.240 e. The first-order valence-electron chi connectivity index (χ1n) is 6.58. The van der Waals surface area contributed by atoms with Crippen LogP contribution < -0.4 is 5.32 Å². The normalized spacial score (nSPS) is 12.5. The van der Waals surface area contributed by atoms with E-state index >= 15 is 0 Å². The lowest BCUT2D eigenvalue weighted by Gasteiger charge is -2.13. The van der Waals surface area contributed by atoms with Crippen LogP contribution in [0.15, 0.2) is 35.1 Å². The molecule has 3 rings (SSSR count). The minimum atomic E-state index is 0.133. The van der Waals surface area contributed by atoms with Crippen molar-refractivity contribution in [1.82, 2.24) is 35.7 Å². The summed E-state index contributed by atoms with van der Waals surface area (Å²) in [6.45, 7) is 4.39. The summed E-state index contributed by atoms with van der Waals surface area (Å²) in [5.41, 5.74) is 2.04. The highest BCUT2D eigenvalue weighted by molar-refractivity contribution is 5.35. The van der Waals surface area contributed by atoms with E-state index in [-0.39, 0.29) is 6.04 Å². The van der Waals surface area contributed by atoms with Gasteiger partial charge in [-0.15, -0.1) is 5.10 Å². The Labute approximate surface area is 121 Å². The number of rotatable bonds is 5. The average Bonchev–Trinajstić information content (AvgIpc) is 3.16. The van der Waals surface area contributed by atoms with Gasteiger partial charge in [-0.2, -0.15) is 4.98 Å². The van der Waals surface area contributed by atoms with E-state index in [2.05, 4.69) is 37.9 Å². The Morgan fingerprint density at radius 2 is 2.29 bits per heavy atom. The maximum absolute atomic E-state index is 5.08. The topological polar surface area (TPSA) is 94.6 Å². The number of aromatic nitrogens is 6. The zero-order valence-corrected chi connectivity index (χ0v) is 11.8. The summed E-state index contributed by atoms with van der Waals surface area (Å²) in [7, 11) is 0. The largest absolute Gasteiger partial charge is 0.338 e. The van der Waals surface area contributed by atoms with E-state index in [0.717, 1.165) is 11.3 Å². The number of tetrazole rings is 1. The summed E-state index contributed by atoms with van der Waals surface area (Å²) in [6, 6.07) is 8.14. The Bertz CT molecular complexity index is 707. The van der Waals surface area contributed by atoms with Gasteiger partial charge < -0.3 is 9.84 Å². The molecule has 0 fully saturated rings. The van der Waals surface area contributed by atoms with Gasteiger partial charge in [0.1, 0.15) is 6.33 Å². The van der Waals surface area contributed by atoms with Crippen LogP contribution in [-0.2, 0) is 6.54 Å². The molecule has 0 radical (unpaired) electrons. The lowest BCUT2D eigenvalue weighted by atomic mass is 10.1. The van der Waals surface area contributed by atoms with Crippen LogP contribution in [0.5, 0.6) is 0 Å². The summed E-state index contributed by atoms with van der Waals surface area (Å²) in [5.74, 6) is 1.22. The zero-order chi connectivity index (χ0) is 14.7. The molecule has 1 atom stereocenters. The monoisotopic (exact) mass is 285 g/mol. The van der Waals surface area contributed by atoms with Gasteiger partial charge in [-0.1, -0.05) is 17.3 Å². The predicted molar refractivity (Wildman–Crippen MR) is 73.4 cm³/mol. The highest BCUT2D eigenvalue weighted by Gasteiger charge is 2.09. The number of hydrogen-bond donors (Lipinski definition) is 1. The van der Waals surface area contributed by atoms with E-state index in [4.69, 9.17) is 4.52 Å². The molecule has 3 aromatic rings. The van der Waals surface area contributed by atoms with Gasteiger partial charge in [0.2, 0.25) is 5.89 Å². The molecule has 0 saturated heterocycles. The molecule has 0 aliphatic heterocycles. The number of benzene rings is 1. The van der Waals surface area contributed by atoms with E-state index in [1.807, 2.05) is 24.3 Å². The highest BCUT2D eigenvalue weighted by atomic mass is 16.5. The van der Waals surface area contributed by atoms with Crippen molar-refractivity contribution in [1.29, 1.82) is 0 Å². The minimum Gasteiger partial charge on any atom is -0.338 e. The molecule has 2 heterocycles. The molecule has 0 saturated carbocycles. The summed E-state index contributed by atoms with van der Waals surface area (Å²) < 4.78 is 6.70. The fourth-order valence-corrected chi connectivity index (χ4v) is 1.99. The number of nitrogens with one attached hydrogen (secondary N) is 1. The fraction of sp³-hybridized carbons (Fsp3) is 0.308. The van der Waals surface area contributed by atoms with Gasteiger partial charge >= 0.3 is 0 Å². The maximum Gasteiger partial charge on any atom is 0.240 e. The third kappa shape index (κ3) is 3.11. The van der Waals surface area contributed by atoms with Gasteiger partial charge in [0, 0.05) is 6.04 Å². The SMILES string of the molecule is Cc1noc(CNC(C)c2cccc(-n3cnnn3)c2)n1. The van der Waals surface area contributed by atoms with Crippen molar-refractivity contribution in [2.45, 2.75) is 26.4 Å². The van der Waals surface area contributed by atoms with Crippen molar-refractivity contribution < 1.29 is 4.52 Å². The summed E-state index contributed by atoms with van der Waals surface area (Å²) in [5, 5.41) is 18.3. The van der Waals surface area contributed by atoms with E-state index in [1.54, 1.807) is 17.9 Å². The van der Waals surface area contributed by atoms with Crippen LogP contribution >= 0.6 is 0 Å². The van der Waals surface area contributed by atoms with Gasteiger partial charge in [0.25, 0.3) is 0 Å². The van der Waals surface area contributed by atoms with Crippen molar-refractivity contribution >= 4 is 0 Å². The maximum atomic E-state index is 5.08. The molecule has 108 valence electrons. The Balaban J connectivity index is 1.69. The Morgan fingerprint density at radius 3 is 3.00 bits per heavy atom. The third-order valence-corrected chi connectivity index (χ3v) is 3.11. The lowest BCUT2D eigenvalue weighted by molar-refractivity contribution is 0.357. The molecule has 0 bridgehead atoms. The Hall–Kier alpha value is -2.61. The third-order valence-electron chi connectivity index (χ3n) is 3.11. The molecule has 0 aliphatic rings. The first-order valence-corrected chi connectivity index (χ1v) is 6.58. The Morgan fingerprint density at radius 1 is 1.38 bits per heavy atom. The van der Waals surface area contributed by atoms with Gasteiger partial charge in [-0.25, -0.2) is 4.68 Å². The van der Waals surface area contributed by atoms with Gasteiger partial charge in [0.05, 0.1) is 12.2 Å². The second-order valence-electron chi connectivity index (χ2n) is 4.69. The number of hydrogen-bond acceptors (Lipinski definition) is 7. The molecule has 1 N–H and O–H groups in total. The van der Waals surface area contributed by atoms with E-state index in [9.17, 15) is 0 Å². The molecule has 1 unspecified atom stereocenters.